The molecule has 0 aromatic rings. The summed E-state index contributed by atoms with van der Waals surface area (Å²) in [6, 6.07) is 0. The Morgan fingerprint density at radius 2 is 0.652 bits per heavy atom. The Kier molecular flexibility index (Phi) is 17.6. The molecule has 0 aliphatic rings. The summed E-state index contributed by atoms with van der Waals surface area (Å²) in [6.45, 7) is 9.46. The molecule has 142 valence electrons. The average molecular weight is 345 g/mol. The van der Waals surface area contributed by atoms with Gasteiger partial charge in [-0.25, -0.2) is 0 Å². The number of hydrogen-bond acceptors (Lipinski definition) is 0. The standard InChI is InChI=1S/C22H49P/c1-5-9-13-14-15-16-17-18-22-23(19-10-6-2,20-11-7-3)21-12-8-4/h23H,5-22H2,1-4H3. The minimum atomic E-state index is -0.940. The predicted molar refractivity (Wildman–Crippen MR) is 115 cm³/mol. The van der Waals surface area contributed by atoms with E-state index in [0.29, 0.717) is 0 Å². The molecule has 0 atom stereocenters. The first-order chi connectivity index (χ1) is 11.2. The Bertz CT molecular complexity index is 202. The Labute approximate surface area is 149 Å². The van der Waals surface area contributed by atoms with Crippen LogP contribution in [0.2, 0.25) is 0 Å². The number of unbranched alkanes of at least 4 members (excludes halogenated alkanes) is 10. The van der Waals surface area contributed by atoms with Crippen LogP contribution >= 0.6 is 7.26 Å². The second kappa shape index (κ2) is 17.3. The molecular formula is C22H49P. The SMILES string of the molecule is CCCCCCCCCC[PH](CCCC)(CCCC)CCCC. The van der Waals surface area contributed by atoms with Crippen molar-refractivity contribution >= 4 is 7.26 Å². The van der Waals surface area contributed by atoms with Crippen molar-refractivity contribution in [1.29, 1.82) is 0 Å². The van der Waals surface area contributed by atoms with Crippen LogP contribution in [0, 0.1) is 0 Å². The molecule has 0 rings (SSSR count). The molecule has 0 aliphatic heterocycles. The third-order valence-electron chi connectivity index (χ3n) is 5.74. The van der Waals surface area contributed by atoms with Crippen molar-refractivity contribution in [3.63, 3.8) is 0 Å². The summed E-state index contributed by atoms with van der Waals surface area (Å²) in [5.74, 6) is 0. The normalized spacial score (nSPS) is 12.7. The third kappa shape index (κ3) is 13.4. The maximum atomic E-state index is 2.38. The molecule has 0 aromatic heterocycles. The van der Waals surface area contributed by atoms with Crippen molar-refractivity contribution in [3.8, 4) is 0 Å². The molecule has 0 N–H and O–H groups in total. The summed E-state index contributed by atoms with van der Waals surface area (Å²) in [5, 5.41) is 0. The summed E-state index contributed by atoms with van der Waals surface area (Å²) < 4.78 is 0. The molecule has 0 aromatic carbocycles. The molecule has 0 amide bonds. The van der Waals surface area contributed by atoms with Gasteiger partial charge >= 0.3 is 149 Å². The van der Waals surface area contributed by atoms with E-state index < -0.39 is 7.26 Å². The molecule has 0 aliphatic carbocycles. The van der Waals surface area contributed by atoms with E-state index in [1.807, 2.05) is 0 Å². The van der Waals surface area contributed by atoms with Gasteiger partial charge < -0.3 is 0 Å². The van der Waals surface area contributed by atoms with Crippen molar-refractivity contribution in [2.24, 2.45) is 0 Å². The Morgan fingerprint density at radius 3 is 1.04 bits per heavy atom. The summed E-state index contributed by atoms with van der Waals surface area (Å²) in [7, 11) is -0.940. The molecule has 0 nitrogen and oxygen atoms in total. The fraction of sp³-hybridized carbons (Fsp3) is 1.00. The Morgan fingerprint density at radius 1 is 0.348 bits per heavy atom. The zero-order valence-corrected chi connectivity index (χ0v) is 18.2. The van der Waals surface area contributed by atoms with E-state index in [2.05, 4.69) is 27.7 Å². The summed E-state index contributed by atoms with van der Waals surface area (Å²) in [6.07, 6.45) is 27.2. The monoisotopic (exact) mass is 344 g/mol. The quantitative estimate of drug-likeness (QED) is 0.173. The predicted octanol–water partition coefficient (Wildman–Crippen LogP) is 8.28. The van der Waals surface area contributed by atoms with Crippen LogP contribution in [0.25, 0.3) is 0 Å². The van der Waals surface area contributed by atoms with E-state index in [9.17, 15) is 0 Å². The van der Waals surface area contributed by atoms with Crippen molar-refractivity contribution in [2.45, 2.75) is 118 Å². The van der Waals surface area contributed by atoms with E-state index in [4.69, 9.17) is 0 Å². The van der Waals surface area contributed by atoms with Gasteiger partial charge in [0, 0.05) is 0 Å². The fourth-order valence-corrected chi connectivity index (χ4v) is 9.85. The number of hydrogen-bond donors (Lipinski definition) is 0. The second-order valence-electron chi connectivity index (χ2n) is 8.04. The molecule has 23 heavy (non-hydrogen) atoms. The van der Waals surface area contributed by atoms with Crippen LogP contribution in [0.4, 0.5) is 0 Å². The average Bonchev–Trinajstić information content (AvgIpc) is 2.58. The summed E-state index contributed by atoms with van der Waals surface area (Å²) in [4.78, 5) is 0. The molecule has 0 heterocycles. The Balaban J connectivity index is 4.14. The van der Waals surface area contributed by atoms with Crippen LogP contribution in [0.3, 0.4) is 0 Å². The Hall–Kier alpha value is 0.430. The van der Waals surface area contributed by atoms with E-state index in [1.54, 1.807) is 31.1 Å². The van der Waals surface area contributed by atoms with Gasteiger partial charge in [0.05, 0.1) is 0 Å². The van der Waals surface area contributed by atoms with Gasteiger partial charge in [0.2, 0.25) is 0 Å². The van der Waals surface area contributed by atoms with Gasteiger partial charge in [-0.15, -0.1) is 0 Å². The van der Waals surface area contributed by atoms with Gasteiger partial charge in [-0.3, -0.25) is 0 Å². The van der Waals surface area contributed by atoms with Crippen molar-refractivity contribution in [2.75, 3.05) is 24.6 Å². The molecule has 0 fully saturated rings. The zero-order valence-electron chi connectivity index (χ0n) is 17.2. The van der Waals surface area contributed by atoms with Crippen LogP contribution in [-0.2, 0) is 0 Å². The fourth-order valence-electron chi connectivity index (χ4n) is 4.04. The van der Waals surface area contributed by atoms with Gasteiger partial charge in [-0.05, 0) is 0 Å². The first kappa shape index (κ1) is 23.4. The van der Waals surface area contributed by atoms with Crippen LogP contribution in [0.1, 0.15) is 118 Å². The van der Waals surface area contributed by atoms with Crippen LogP contribution < -0.4 is 0 Å². The van der Waals surface area contributed by atoms with Crippen molar-refractivity contribution in [1.82, 2.24) is 0 Å². The van der Waals surface area contributed by atoms with Gasteiger partial charge in [0.15, 0.2) is 0 Å². The van der Waals surface area contributed by atoms with E-state index in [-0.39, 0.29) is 0 Å². The third-order valence-corrected chi connectivity index (χ3v) is 11.4. The zero-order chi connectivity index (χ0) is 17.2. The van der Waals surface area contributed by atoms with Gasteiger partial charge in [-0.2, -0.15) is 0 Å². The molecule has 1 heteroatoms. The molecule has 0 bridgehead atoms. The van der Waals surface area contributed by atoms with E-state index >= 15 is 0 Å². The molecular weight excluding hydrogens is 295 g/mol. The first-order valence-electron chi connectivity index (χ1n) is 11.2. The molecule has 0 saturated heterocycles. The van der Waals surface area contributed by atoms with Crippen molar-refractivity contribution < 1.29 is 0 Å². The molecule has 0 saturated carbocycles. The molecule has 0 radical (unpaired) electrons. The van der Waals surface area contributed by atoms with Crippen molar-refractivity contribution in [3.05, 3.63) is 0 Å². The van der Waals surface area contributed by atoms with Crippen LogP contribution in [0.5, 0.6) is 0 Å². The second-order valence-corrected chi connectivity index (χ2v) is 13.0. The molecule has 0 spiro atoms. The van der Waals surface area contributed by atoms with Gasteiger partial charge in [-0.1, -0.05) is 0 Å². The minimum absolute atomic E-state index is 0.940. The van der Waals surface area contributed by atoms with Gasteiger partial charge in [0.25, 0.3) is 0 Å². The summed E-state index contributed by atoms with van der Waals surface area (Å²) in [5.41, 5.74) is 0. The maximum absolute atomic E-state index is 2.38. The van der Waals surface area contributed by atoms with Crippen LogP contribution in [0.15, 0.2) is 0 Å². The van der Waals surface area contributed by atoms with Gasteiger partial charge in [0.1, 0.15) is 0 Å². The molecule has 0 unspecified atom stereocenters. The summed E-state index contributed by atoms with van der Waals surface area (Å²) >= 11 is 0. The van der Waals surface area contributed by atoms with E-state index in [1.165, 1.54) is 83.5 Å². The topological polar surface area (TPSA) is 0 Å². The first-order valence-corrected chi connectivity index (χ1v) is 14.1. The number of rotatable bonds is 18. The van der Waals surface area contributed by atoms with Crippen LogP contribution in [-0.4, -0.2) is 24.6 Å². The van der Waals surface area contributed by atoms with E-state index in [0.717, 1.165) is 0 Å².